The molecular formula is C14H24N2O2. The number of hydrogen-bond acceptors (Lipinski definition) is 2. The van der Waals surface area contributed by atoms with Gasteiger partial charge in [0.2, 0.25) is 11.8 Å². The molecule has 0 spiro atoms. The van der Waals surface area contributed by atoms with Crippen molar-refractivity contribution < 1.29 is 9.59 Å². The Labute approximate surface area is 109 Å². The molecule has 2 atom stereocenters. The highest BCUT2D eigenvalue weighted by molar-refractivity contribution is 5.97. The number of carbonyl (C=O) groups is 2. The lowest BCUT2D eigenvalue weighted by atomic mass is 9.95. The van der Waals surface area contributed by atoms with Crippen molar-refractivity contribution in [3.63, 3.8) is 0 Å². The Morgan fingerprint density at radius 1 is 1.22 bits per heavy atom. The average molecular weight is 252 g/mol. The highest BCUT2D eigenvalue weighted by atomic mass is 16.2. The summed E-state index contributed by atoms with van der Waals surface area (Å²) in [4.78, 5) is 26.5. The molecule has 0 bridgehead atoms. The van der Waals surface area contributed by atoms with E-state index in [0.29, 0.717) is 11.8 Å². The number of nitrogens with one attached hydrogen (secondary N) is 1. The molecule has 18 heavy (non-hydrogen) atoms. The molecule has 102 valence electrons. The van der Waals surface area contributed by atoms with E-state index in [0.717, 1.165) is 19.3 Å². The summed E-state index contributed by atoms with van der Waals surface area (Å²) < 4.78 is 0. The molecular weight excluding hydrogens is 228 g/mol. The monoisotopic (exact) mass is 252 g/mol. The van der Waals surface area contributed by atoms with Gasteiger partial charge in [-0.1, -0.05) is 13.8 Å². The summed E-state index contributed by atoms with van der Waals surface area (Å²) in [5.74, 6) is 0.946. The Morgan fingerprint density at radius 2 is 1.83 bits per heavy atom. The zero-order valence-corrected chi connectivity index (χ0v) is 11.8. The summed E-state index contributed by atoms with van der Waals surface area (Å²) in [6, 6.07) is -0.454. The van der Waals surface area contributed by atoms with Gasteiger partial charge in [-0.05, 0) is 44.9 Å². The van der Waals surface area contributed by atoms with E-state index in [9.17, 15) is 9.59 Å². The molecule has 1 aliphatic heterocycles. The second-order valence-electron chi connectivity index (χ2n) is 6.31. The number of piperazine rings is 1. The van der Waals surface area contributed by atoms with E-state index in [1.165, 1.54) is 0 Å². The fourth-order valence-corrected chi connectivity index (χ4v) is 2.78. The van der Waals surface area contributed by atoms with Gasteiger partial charge in [-0.15, -0.1) is 0 Å². The van der Waals surface area contributed by atoms with E-state index in [2.05, 4.69) is 19.2 Å². The van der Waals surface area contributed by atoms with Crippen LogP contribution in [-0.4, -0.2) is 34.8 Å². The van der Waals surface area contributed by atoms with E-state index in [1.807, 2.05) is 18.7 Å². The molecule has 1 saturated heterocycles. The third-order valence-corrected chi connectivity index (χ3v) is 3.80. The molecule has 1 heterocycles. The van der Waals surface area contributed by atoms with Gasteiger partial charge in [0, 0.05) is 6.04 Å². The summed E-state index contributed by atoms with van der Waals surface area (Å²) in [7, 11) is 0. The van der Waals surface area contributed by atoms with E-state index in [-0.39, 0.29) is 29.9 Å². The molecule has 0 aromatic rings. The van der Waals surface area contributed by atoms with Gasteiger partial charge in [0.05, 0.1) is 0 Å². The zero-order chi connectivity index (χ0) is 13.4. The zero-order valence-electron chi connectivity index (χ0n) is 11.8. The number of carbonyl (C=O) groups excluding carboxylic acids is 2. The van der Waals surface area contributed by atoms with E-state index < -0.39 is 0 Å². The van der Waals surface area contributed by atoms with Gasteiger partial charge in [0.25, 0.3) is 0 Å². The standard InChI is InChI=1S/C14H24N2O2/c1-8(2)7-11-13(17)15-12(10-5-6-10)14(18)16(11)9(3)4/h8-12H,5-7H2,1-4H3,(H,15,17). The quantitative estimate of drug-likeness (QED) is 0.825. The predicted octanol–water partition coefficient (Wildman–Crippen LogP) is 1.55. The van der Waals surface area contributed by atoms with E-state index >= 15 is 0 Å². The van der Waals surface area contributed by atoms with Crippen LogP contribution in [0.15, 0.2) is 0 Å². The highest BCUT2D eigenvalue weighted by Gasteiger charge is 2.47. The third kappa shape index (κ3) is 2.52. The van der Waals surface area contributed by atoms with E-state index in [1.54, 1.807) is 0 Å². The Bertz CT molecular complexity index is 348. The van der Waals surface area contributed by atoms with Gasteiger partial charge >= 0.3 is 0 Å². The van der Waals surface area contributed by atoms with Crippen LogP contribution in [0.1, 0.15) is 47.0 Å². The molecule has 2 aliphatic rings. The Kier molecular flexibility index (Phi) is 3.64. The second kappa shape index (κ2) is 4.90. The van der Waals surface area contributed by atoms with Gasteiger partial charge in [-0.25, -0.2) is 0 Å². The van der Waals surface area contributed by atoms with Gasteiger partial charge < -0.3 is 10.2 Å². The molecule has 2 rings (SSSR count). The molecule has 0 aromatic carbocycles. The maximum atomic E-state index is 12.5. The molecule has 2 unspecified atom stereocenters. The minimum absolute atomic E-state index is 0.0360. The first-order chi connectivity index (χ1) is 8.41. The van der Waals surface area contributed by atoms with Crippen molar-refractivity contribution in [1.29, 1.82) is 0 Å². The second-order valence-corrected chi connectivity index (χ2v) is 6.31. The number of rotatable bonds is 4. The Hall–Kier alpha value is -1.06. The fraction of sp³-hybridized carbons (Fsp3) is 0.857. The summed E-state index contributed by atoms with van der Waals surface area (Å²) in [5, 5.41) is 2.94. The van der Waals surface area contributed by atoms with Crippen LogP contribution in [0.3, 0.4) is 0 Å². The first kappa shape index (κ1) is 13.4. The van der Waals surface area contributed by atoms with Crippen molar-refractivity contribution in [2.75, 3.05) is 0 Å². The largest absolute Gasteiger partial charge is 0.342 e. The van der Waals surface area contributed by atoms with Crippen LogP contribution in [-0.2, 0) is 9.59 Å². The maximum Gasteiger partial charge on any atom is 0.246 e. The van der Waals surface area contributed by atoms with Gasteiger partial charge in [-0.2, -0.15) is 0 Å². The van der Waals surface area contributed by atoms with Crippen LogP contribution in [0.5, 0.6) is 0 Å². The number of nitrogens with zero attached hydrogens (tertiary/aromatic N) is 1. The SMILES string of the molecule is CC(C)CC1C(=O)NC(C2CC2)C(=O)N1C(C)C. The number of hydrogen-bond donors (Lipinski definition) is 1. The Balaban J connectivity index is 2.19. The van der Waals surface area contributed by atoms with E-state index in [4.69, 9.17) is 0 Å². The van der Waals surface area contributed by atoms with Crippen molar-refractivity contribution in [2.45, 2.75) is 65.1 Å². The van der Waals surface area contributed by atoms with Crippen molar-refractivity contribution in [2.24, 2.45) is 11.8 Å². The molecule has 4 heteroatoms. The average Bonchev–Trinajstić information content (AvgIpc) is 3.05. The van der Waals surface area contributed by atoms with Crippen molar-refractivity contribution >= 4 is 11.8 Å². The molecule has 2 amide bonds. The molecule has 0 aromatic heterocycles. The minimum Gasteiger partial charge on any atom is -0.342 e. The molecule has 2 fully saturated rings. The Morgan fingerprint density at radius 3 is 2.28 bits per heavy atom. The molecule has 4 nitrogen and oxygen atoms in total. The first-order valence-electron chi connectivity index (χ1n) is 7.04. The molecule has 1 aliphatic carbocycles. The van der Waals surface area contributed by atoms with Crippen LogP contribution >= 0.6 is 0 Å². The smallest absolute Gasteiger partial charge is 0.246 e. The fourth-order valence-electron chi connectivity index (χ4n) is 2.78. The van der Waals surface area contributed by atoms with Crippen LogP contribution in [0.2, 0.25) is 0 Å². The number of amides is 2. The van der Waals surface area contributed by atoms with Crippen molar-refractivity contribution in [3.05, 3.63) is 0 Å². The lowest BCUT2D eigenvalue weighted by Crippen LogP contribution is -2.65. The summed E-state index contributed by atoms with van der Waals surface area (Å²) in [6.07, 6.45) is 2.88. The molecule has 1 N–H and O–H groups in total. The first-order valence-corrected chi connectivity index (χ1v) is 7.04. The lowest BCUT2D eigenvalue weighted by molar-refractivity contribution is -0.152. The van der Waals surface area contributed by atoms with Gasteiger partial charge in [0.15, 0.2) is 0 Å². The summed E-state index contributed by atoms with van der Waals surface area (Å²) >= 11 is 0. The van der Waals surface area contributed by atoms with Crippen LogP contribution in [0.4, 0.5) is 0 Å². The molecule has 1 saturated carbocycles. The highest BCUT2D eigenvalue weighted by Crippen LogP contribution is 2.36. The minimum atomic E-state index is -0.285. The maximum absolute atomic E-state index is 12.5. The molecule has 0 radical (unpaired) electrons. The van der Waals surface area contributed by atoms with Crippen LogP contribution < -0.4 is 5.32 Å². The topological polar surface area (TPSA) is 49.4 Å². The van der Waals surface area contributed by atoms with Crippen molar-refractivity contribution in [3.8, 4) is 0 Å². The van der Waals surface area contributed by atoms with Crippen LogP contribution in [0, 0.1) is 11.8 Å². The lowest BCUT2D eigenvalue weighted by Gasteiger charge is -2.42. The predicted molar refractivity (Wildman–Crippen MR) is 69.9 cm³/mol. The normalized spacial score (nSPS) is 29.1. The van der Waals surface area contributed by atoms with Gasteiger partial charge in [-0.3, -0.25) is 9.59 Å². The van der Waals surface area contributed by atoms with Gasteiger partial charge in [0.1, 0.15) is 12.1 Å². The summed E-state index contributed by atoms with van der Waals surface area (Å²) in [6.45, 7) is 8.16. The summed E-state index contributed by atoms with van der Waals surface area (Å²) in [5.41, 5.74) is 0. The van der Waals surface area contributed by atoms with Crippen LogP contribution in [0.25, 0.3) is 0 Å². The third-order valence-electron chi connectivity index (χ3n) is 3.80. The van der Waals surface area contributed by atoms with Crippen molar-refractivity contribution in [1.82, 2.24) is 10.2 Å².